The van der Waals surface area contributed by atoms with Gasteiger partial charge in [0.05, 0.1) is 17.2 Å². The molecule has 1 saturated heterocycles. The molecule has 4 nitrogen and oxygen atoms in total. The van der Waals surface area contributed by atoms with Crippen LogP contribution in [0.4, 0.5) is 0 Å². The fourth-order valence-corrected chi connectivity index (χ4v) is 2.93. The second-order valence-electron chi connectivity index (χ2n) is 4.36. The molecule has 0 spiro atoms. The standard InChI is InChI=1S/C13H16N2O2S/c1-3-10(16-5-1)7-14-9-13-15-8-12(18-13)11-4-2-6-17-11/h2,4,6,8,10,14H,1,3,5,7,9H2. The van der Waals surface area contributed by atoms with Gasteiger partial charge in [-0.2, -0.15) is 0 Å². The van der Waals surface area contributed by atoms with Crippen molar-refractivity contribution in [1.29, 1.82) is 0 Å². The highest BCUT2D eigenvalue weighted by atomic mass is 32.1. The number of thiazole rings is 1. The van der Waals surface area contributed by atoms with Crippen LogP contribution in [0.1, 0.15) is 17.8 Å². The molecule has 96 valence electrons. The molecule has 1 N–H and O–H groups in total. The maximum Gasteiger partial charge on any atom is 0.145 e. The van der Waals surface area contributed by atoms with Crippen LogP contribution in [-0.2, 0) is 11.3 Å². The Morgan fingerprint density at radius 3 is 3.28 bits per heavy atom. The summed E-state index contributed by atoms with van der Waals surface area (Å²) in [4.78, 5) is 5.47. The van der Waals surface area contributed by atoms with E-state index in [9.17, 15) is 0 Å². The van der Waals surface area contributed by atoms with E-state index in [1.54, 1.807) is 17.6 Å². The van der Waals surface area contributed by atoms with Crippen LogP contribution in [0.5, 0.6) is 0 Å². The quantitative estimate of drug-likeness (QED) is 0.902. The van der Waals surface area contributed by atoms with Crippen molar-refractivity contribution in [2.75, 3.05) is 13.2 Å². The molecule has 18 heavy (non-hydrogen) atoms. The molecular formula is C13H16N2O2S. The van der Waals surface area contributed by atoms with Gasteiger partial charge in [0.1, 0.15) is 10.8 Å². The van der Waals surface area contributed by atoms with Crippen molar-refractivity contribution in [2.45, 2.75) is 25.5 Å². The van der Waals surface area contributed by atoms with E-state index in [2.05, 4.69) is 10.3 Å². The van der Waals surface area contributed by atoms with Crippen LogP contribution in [0.15, 0.2) is 29.0 Å². The fraction of sp³-hybridized carbons (Fsp3) is 0.462. The summed E-state index contributed by atoms with van der Waals surface area (Å²) in [5.74, 6) is 0.887. The van der Waals surface area contributed by atoms with Gasteiger partial charge in [-0.1, -0.05) is 0 Å². The molecule has 0 radical (unpaired) electrons. The molecule has 2 aromatic rings. The first kappa shape index (κ1) is 11.9. The Morgan fingerprint density at radius 1 is 1.50 bits per heavy atom. The number of furan rings is 1. The molecule has 2 aromatic heterocycles. The van der Waals surface area contributed by atoms with Crippen molar-refractivity contribution in [3.05, 3.63) is 29.6 Å². The zero-order valence-corrected chi connectivity index (χ0v) is 10.9. The van der Waals surface area contributed by atoms with Crippen molar-refractivity contribution < 1.29 is 9.15 Å². The Balaban J connectivity index is 1.51. The van der Waals surface area contributed by atoms with Gasteiger partial charge in [-0.05, 0) is 25.0 Å². The SMILES string of the molecule is c1coc(-c2cnc(CNCC3CCCO3)s2)c1. The van der Waals surface area contributed by atoms with Gasteiger partial charge >= 0.3 is 0 Å². The van der Waals surface area contributed by atoms with Crippen molar-refractivity contribution >= 4 is 11.3 Å². The van der Waals surface area contributed by atoms with Crippen LogP contribution >= 0.6 is 11.3 Å². The number of aromatic nitrogens is 1. The van der Waals surface area contributed by atoms with Crippen molar-refractivity contribution in [3.8, 4) is 10.6 Å². The highest BCUT2D eigenvalue weighted by Crippen LogP contribution is 2.26. The zero-order valence-electron chi connectivity index (χ0n) is 10.1. The monoisotopic (exact) mass is 264 g/mol. The van der Waals surface area contributed by atoms with E-state index in [1.807, 2.05) is 18.3 Å². The van der Waals surface area contributed by atoms with Gasteiger partial charge in [0.15, 0.2) is 0 Å². The van der Waals surface area contributed by atoms with Crippen molar-refractivity contribution in [3.63, 3.8) is 0 Å². The zero-order chi connectivity index (χ0) is 12.2. The van der Waals surface area contributed by atoms with E-state index >= 15 is 0 Å². The molecule has 1 aliphatic rings. The van der Waals surface area contributed by atoms with Crippen LogP contribution in [0.25, 0.3) is 10.6 Å². The number of hydrogen-bond acceptors (Lipinski definition) is 5. The molecule has 0 aliphatic carbocycles. The van der Waals surface area contributed by atoms with Gasteiger partial charge in [0.2, 0.25) is 0 Å². The average Bonchev–Trinajstić information content (AvgIpc) is 3.12. The van der Waals surface area contributed by atoms with E-state index in [-0.39, 0.29) is 0 Å². The third kappa shape index (κ3) is 2.80. The third-order valence-electron chi connectivity index (χ3n) is 2.99. The molecule has 0 amide bonds. The van der Waals surface area contributed by atoms with Gasteiger partial charge in [0, 0.05) is 25.9 Å². The highest BCUT2D eigenvalue weighted by molar-refractivity contribution is 7.15. The summed E-state index contributed by atoms with van der Waals surface area (Å²) in [5, 5.41) is 4.48. The van der Waals surface area contributed by atoms with E-state index in [1.165, 1.54) is 12.8 Å². The first-order valence-electron chi connectivity index (χ1n) is 6.23. The van der Waals surface area contributed by atoms with Gasteiger partial charge in [-0.3, -0.25) is 0 Å². The number of hydrogen-bond donors (Lipinski definition) is 1. The number of nitrogens with one attached hydrogen (secondary N) is 1. The van der Waals surface area contributed by atoms with E-state index < -0.39 is 0 Å². The number of nitrogens with zero attached hydrogens (tertiary/aromatic N) is 1. The van der Waals surface area contributed by atoms with Gasteiger partial charge in [-0.25, -0.2) is 4.98 Å². The lowest BCUT2D eigenvalue weighted by Gasteiger charge is -2.09. The predicted molar refractivity (Wildman–Crippen MR) is 70.5 cm³/mol. The Kier molecular flexibility index (Phi) is 3.73. The number of ether oxygens (including phenoxy) is 1. The lowest BCUT2D eigenvalue weighted by Crippen LogP contribution is -2.25. The van der Waals surface area contributed by atoms with E-state index in [0.717, 1.165) is 35.3 Å². The lowest BCUT2D eigenvalue weighted by molar-refractivity contribution is 0.110. The second-order valence-corrected chi connectivity index (χ2v) is 5.48. The summed E-state index contributed by atoms with van der Waals surface area (Å²) in [6.45, 7) is 2.62. The fourth-order valence-electron chi connectivity index (χ4n) is 2.07. The van der Waals surface area contributed by atoms with Gasteiger partial charge < -0.3 is 14.5 Å². The summed E-state index contributed by atoms with van der Waals surface area (Å²) >= 11 is 1.66. The van der Waals surface area contributed by atoms with E-state index in [0.29, 0.717) is 6.10 Å². The summed E-state index contributed by atoms with van der Waals surface area (Å²) in [6, 6.07) is 3.85. The van der Waals surface area contributed by atoms with Crippen LogP contribution < -0.4 is 5.32 Å². The molecular weight excluding hydrogens is 248 g/mol. The normalized spacial score (nSPS) is 19.4. The molecule has 0 saturated carbocycles. The van der Waals surface area contributed by atoms with Crippen LogP contribution in [0.2, 0.25) is 0 Å². The Labute approximate surface area is 110 Å². The van der Waals surface area contributed by atoms with Gasteiger partial charge in [-0.15, -0.1) is 11.3 Å². The molecule has 0 bridgehead atoms. The molecule has 5 heteroatoms. The lowest BCUT2D eigenvalue weighted by atomic mass is 10.2. The summed E-state index contributed by atoms with van der Waals surface area (Å²) in [5.41, 5.74) is 0. The predicted octanol–water partition coefficient (Wildman–Crippen LogP) is 2.67. The third-order valence-corrected chi connectivity index (χ3v) is 4.00. The topological polar surface area (TPSA) is 47.3 Å². The Morgan fingerprint density at radius 2 is 2.50 bits per heavy atom. The molecule has 1 aliphatic heterocycles. The molecule has 1 fully saturated rings. The van der Waals surface area contributed by atoms with Crippen molar-refractivity contribution in [2.24, 2.45) is 0 Å². The van der Waals surface area contributed by atoms with E-state index in [4.69, 9.17) is 9.15 Å². The molecule has 1 unspecified atom stereocenters. The minimum Gasteiger partial charge on any atom is -0.463 e. The van der Waals surface area contributed by atoms with Gasteiger partial charge in [0.25, 0.3) is 0 Å². The first-order valence-corrected chi connectivity index (χ1v) is 7.04. The molecule has 3 rings (SSSR count). The minimum absolute atomic E-state index is 0.384. The molecule has 3 heterocycles. The smallest absolute Gasteiger partial charge is 0.145 e. The Bertz CT molecular complexity index is 475. The molecule has 0 aromatic carbocycles. The second kappa shape index (κ2) is 5.65. The number of rotatable bonds is 5. The van der Waals surface area contributed by atoms with Crippen LogP contribution in [0, 0.1) is 0 Å². The maximum atomic E-state index is 5.56. The minimum atomic E-state index is 0.384. The first-order chi connectivity index (χ1) is 8.92. The summed E-state index contributed by atoms with van der Waals surface area (Å²) in [6.07, 6.45) is 6.29. The summed E-state index contributed by atoms with van der Waals surface area (Å²) in [7, 11) is 0. The Hall–Kier alpha value is -1.17. The maximum absolute atomic E-state index is 5.56. The van der Waals surface area contributed by atoms with Crippen molar-refractivity contribution in [1.82, 2.24) is 10.3 Å². The highest BCUT2D eigenvalue weighted by Gasteiger charge is 2.14. The van der Waals surface area contributed by atoms with Crippen LogP contribution in [0.3, 0.4) is 0 Å². The average molecular weight is 264 g/mol. The molecule has 1 atom stereocenters. The van der Waals surface area contributed by atoms with Crippen LogP contribution in [-0.4, -0.2) is 24.2 Å². The summed E-state index contributed by atoms with van der Waals surface area (Å²) < 4.78 is 10.9. The largest absolute Gasteiger partial charge is 0.463 e.